The Morgan fingerprint density at radius 2 is 1.88 bits per heavy atom. The Balaban J connectivity index is 1.62. The molecule has 8 nitrogen and oxygen atoms in total. The summed E-state index contributed by atoms with van der Waals surface area (Å²) in [5.74, 6) is 2.11. The van der Waals surface area contributed by atoms with Gasteiger partial charge in [0.15, 0.2) is 5.65 Å². The second kappa shape index (κ2) is 9.75. The van der Waals surface area contributed by atoms with E-state index in [4.69, 9.17) is 19.2 Å². The quantitative estimate of drug-likeness (QED) is 0.558. The Kier molecular flexibility index (Phi) is 6.81. The Hall–Kier alpha value is -2.84. The average Bonchev–Trinajstić information content (AvgIpc) is 3.24. The first-order chi connectivity index (χ1) is 15.5. The highest BCUT2D eigenvalue weighted by atomic mass is 16.5. The van der Waals surface area contributed by atoms with Gasteiger partial charge in [0.2, 0.25) is 0 Å². The molecule has 8 heteroatoms. The normalized spacial score (nSPS) is 15.9. The van der Waals surface area contributed by atoms with Crippen LogP contribution >= 0.6 is 0 Å². The highest BCUT2D eigenvalue weighted by Gasteiger charge is 2.23. The minimum absolute atomic E-state index is 0.106. The molecule has 1 aromatic carbocycles. The third-order valence-electron chi connectivity index (χ3n) is 6.17. The Morgan fingerprint density at radius 1 is 1.19 bits per heavy atom. The molecule has 32 heavy (non-hydrogen) atoms. The van der Waals surface area contributed by atoms with Gasteiger partial charge in [-0.05, 0) is 30.9 Å². The number of hydrogen-bond acceptors (Lipinski definition) is 6. The van der Waals surface area contributed by atoms with E-state index in [1.54, 1.807) is 20.3 Å². The molecule has 0 amide bonds. The van der Waals surface area contributed by atoms with Gasteiger partial charge in [0, 0.05) is 49.1 Å². The first-order valence-corrected chi connectivity index (χ1v) is 11.2. The van der Waals surface area contributed by atoms with Crippen molar-refractivity contribution in [1.82, 2.24) is 19.9 Å². The summed E-state index contributed by atoms with van der Waals surface area (Å²) >= 11 is 0. The molecular weight excluding hydrogens is 408 g/mol. The second-order valence-corrected chi connectivity index (χ2v) is 8.55. The van der Waals surface area contributed by atoms with E-state index in [1.807, 2.05) is 24.3 Å². The zero-order valence-corrected chi connectivity index (χ0v) is 19.2. The summed E-state index contributed by atoms with van der Waals surface area (Å²) in [4.78, 5) is 17.7. The van der Waals surface area contributed by atoms with Gasteiger partial charge in [0.05, 0.1) is 26.0 Å². The summed E-state index contributed by atoms with van der Waals surface area (Å²) < 4.78 is 18.0. The maximum absolute atomic E-state index is 12.9. The maximum Gasteiger partial charge on any atom is 0.272 e. The van der Waals surface area contributed by atoms with Crippen LogP contribution in [0.25, 0.3) is 5.65 Å². The number of benzene rings is 1. The molecule has 3 aromatic rings. The van der Waals surface area contributed by atoms with Gasteiger partial charge in [-0.1, -0.05) is 19.9 Å². The van der Waals surface area contributed by atoms with Gasteiger partial charge in [0.25, 0.3) is 5.56 Å². The van der Waals surface area contributed by atoms with Crippen molar-refractivity contribution in [3.8, 4) is 11.5 Å². The van der Waals surface area contributed by atoms with Gasteiger partial charge in [-0.25, -0.2) is 9.50 Å². The van der Waals surface area contributed by atoms with Crippen molar-refractivity contribution in [1.29, 1.82) is 0 Å². The molecule has 172 valence electrons. The number of ether oxygens (including phenoxy) is 3. The number of nitrogens with one attached hydrogen (secondary N) is 2. The van der Waals surface area contributed by atoms with E-state index in [2.05, 4.69) is 24.3 Å². The summed E-state index contributed by atoms with van der Waals surface area (Å²) in [5.41, 5.74) is 3.26. The fourth-order valence-corrected chi connectivity index (χ4v) is 4.40. The summed E-state index contributed by atoms with van der Waals surface area (Å²) in [6, 6.07) is 9.25. The van der Waals surface area contributed by atoms with E-state index < -0.39 is 0 Å². The van der Waals surface area contributed by atoms with Crippen molar-refractivity contribution in [2.24, 2.45) is 5.92 Å². The maximum atomic E-state index is 12.9. The van der Waals surface area contributed by atoms with Crippen LogP contribution in [0.1, 0.15) is 55.6 Å². The summed E-state index contributed by atoms with van der Waals surface area (Å²) in [5, 5.41) is 6.82. The minimum atomic E-state index is -0.108. The molecule has 1 aliphatic heterocycles. The van der Waals surface area contributed by atoms with Crippen LogP contribution in [0.5, 0.6) is 11.5 Å². The predicted octanol–water partition coefficient (Wildman–Crippen LogP) is 3.42. The third-order valence-corrected chi connectivity index (χ3v) is 6.17. The van der Waals surface area contributed by atoms with Crippen LogP contribution in [0, 0.1) is 5.92 Å². The molecule has 4 rings (SSSR count). The smallest absolute Gasteiger partial charge is 0.272 e. The molecule has 3 heterocycles. The standard InChI is InChI=1S/C24H32N4O4/c1-15(2)24(25-14-17-20(30-3)6-5-7-21(17)31-4)19-13-23(29)28-22(26-19)12-18(27-28)16-8-10-32-11-9-16/h5-7,12-13,15-16,24-25,27H,8-11,14H2,1-4H3/t24-/m1/s1. The zero-order valence-electron chi connectivity index (χ0n) is 19.2. The van der Waals surface area contributed by atoms with Crippen LogP contribution in [-0.4, -0.2) is 42.0 Å². The number of rotatable bonds is 8. The van der Waals surface area contributed by atoms with Crippen molar-refractivity contribution in [3.63, 3.8) is 0 Å². The monoisotopic (exact) mass is 440 g/mol. The molecule has 2 aromatic heterocycles. The van der Waals surface area contributed by atoms with Crippen molar-refractivity contribution in [2.75, 3.05) is 27.4 Å². The van der Waals surface area contributed by atoms with Crippen LogP contribution in [-0.2, 0) is 11.3 Å². The fourth-order valence-electron chi connectivity index (χ4n) is 4.40. The Bertz CT molecular complexity index is 1090. The lowest BCUT2D eigenvalue weighted by Gasteiger charge is -2.23. The Labute approximate surface area is 187 Å². The van der Waals surface area contributed by atoms with Crippen LogP contribution < -0.4 is 20.3 Å². The highest BCUT2D eigenvalue weighted by molar-refractivity contribution is 5.45. The second-order valence-electron chi connectivity index (χ2n) is 8.55. The summed E-state index contributed by atoms with van der Waals surface area (Å²) in [6.45, 7) is 6.26. The number of hydrogen-bond donors (Lipinski definition) is 2. The number of fused-ring (bicyclic) bond motifs is 1. The van der Waals surface area contributed by atoms with E-state index in [0.717, 1.165) is 54.5 Å². The third kappa shape index (κ3) is 4.52. The number of aromatic nitrogens is 3. The SMILES string of the molecule is COc1cccc(OC)c1CN[C@@H](c1cc(=O)n2[nH]c(C3CCOCC3)cc2n1)C(C)C. The minimum Gasteiger partial charge on any atom is -0.496 e. The van der Waals surface area contributed by atoms with E-state index >= 15 is 0 Å². The van der Waals surface area contributed by atoms with Crippen LogP contribution in [0.2, 0.25) is 0 Å². The van der Waals surface area contributed by atoms with E-state index in [0.29, 0.717) is 18.1 Å². The summed E-state index contributed by atoms with van der Waals surface area (Å²) in [7, 11) is 3.30. The molecule has 1 atom stereocenters. The lowest BCUT2D eigenvalue weighted by Crippen LogP contribution is -2.29. The number of H-pyrrole nitrogens is 1. The van der Waals surface area contributed by atoms with Crippen LogP contribution in [0.3, 0.4) is 0 Å². The lowest BCUT2D eigenvalue weighted by molar-refractivity contribution is 0.0844. The first-order valence-electron chi connectivity index (χ1n) is 11.2. The molecule has 1 fully saturated rings. The van der Waals surface area contributed by atoms with Crippen molar-refractivity contribution in [3.05, 3.63) is 57.6 Å². The molecule has 0 aliphatic carbocycles. The van der Waals surface area contributed by atoms with Crippen molar-refractivity contribution >= 4 is 5.65 Å². The molecule has 0 radical (unpaired) electrons. The molecular formula is C24H32N4O4. The largest absolute Gasteiger partial charge is 0.496 e. The summed E-state index contributed by atoms with van der Waals surface area (Å²) in [6.07, 6.45) is 1.90. The number of methoxy groups -OCH3 is 2. The zero-order chi connectivity index (χ0) is 22.7. The molecule has 0 saturated carbocycles. The average molecular weight is 441 g/mol. The van der Waals surface area contributed by atoms with Crippen LogP contribution in [0.15, 0.2) is 35.1 Å². The van der Waals surface area contributed by atoms with Crippen molar-refractivity contribution in [2.45, 2.75) is 45.2 Å². The highest BCUT2D eigenvalue weighted by Crippen LogP contribution is 2.30. The Morgan fingerprint density at radius 3 is 2.50 bits per heavy atom. The molecule has 1 saturated heterocycles. The van der Waals surface area contributed by atoms with Gasteiger partial charge in [-0.2, -0.15) is 0 Å². The topological polar surface area (TPSA) is 89.9 Å². The number of nitrogens with zero attached hydrogens (tertiary/aromatic N) is 2. The van der Waals surface area contributed by atoms with Gasteiger partial charge in [-0.15, -0.1) is 0 Å². The van der Waals surface area contributed by atoms with E-state index in [1.165, 1.54) is 4.52 Å². The first kappa shape index (κ1) is 22.4. The lowest BCUT2D eigenvalue weighted by atomic mass is 9.97. The molecule has 0 spiro atoms. The van der Waals surface area contributed by atoms with Gasteiger partial charge in [0.1, 0.15) is 11.5 Å². The molecule has 1 aliphatic rings. The van der Waals surface area contributed by atoms with E-state index in [-0.39, 0.29) is 17.5 Å². The van der Waals surface area contributed by atoms with Gasteiger partial charge < -0.3 is 19.5 Å². The number of aromatic amines is 1. The molecule has 0 bridgehead atoms. The predicted molar refractivity (Wildman–Crippen MR) is 123 cm³/mol. The van der Waals surface area contributed by atoms with Crippen molar-refractivity contribution < 1.29 is 14.2 Å². The van der Waals surface area contributed by atoms with E-state index in [9.17, 15) is 4.79 Å². The fraction of sp³-hybridized carbons (Fsp3) is 0.500. The molecule has 2 N–H and O–H groups in total. The van der Waals surface area contributed by atoms with Gasteiger partial charge >= 0.3 is 0 Å². The molecule has 0 unspecified atom stereocenters. The van der Waals surface area contributed by atoms with Crippen LogP contribution in [0.4, 0.5) is 0 Å². The van der Waals surface area contributed by atoms with Gasteiger partial charge in [-0.3, -0.25) is 9.89 Å².